The maximum atomic E-state index is 12.8. The molecule has 1 aromatic heterocycles. The molecular weight excluding hydrogens is 296 g/mol. The topological polar surface area (TPSA) is 60.9 Å². The van der Waals surface area contributed by atoms with Gasteiger partial charge < -0.3 is 5.11 Å². The number of aryl methyl sites for hydroxylation is 1. The number of aliphatic hydroxyl groups is 1. The van der Waals surface area contributed by atoms with E-state index in [2.05, 4.69) is 4.90 Å². The number of likely N-dealkylation sites (N-methyl/N-ethyl adjacent to an activating group) is 1. The van der Waals surface area contributed by atoms with Crippen molar-refractivity contribution in [1.29, 1.82) is 0 Å². The van der Waals surface area contributed by atoms with Gasteiger partial charge in [-0.05, 0) is 33.9 Å². The fourth-order valence-electron chi connectivity index (χ4n) is 2.55. The van der Waals surface area contributed by atoms with Crippen molar-refractivity contribution in [2.24, 2.45) is 0 Å². The summed E-state index contributed by atoms with van der Waals surface area (Å²) in [5, 5.41) is 9.17. The largest absolute Gasteiger partial charge is 0.391 e. The molecule has 0 spiro atoms. The molecule has 0 saturated carbocycles. The number of aliphatic hydroxyl groups excluding tert-OH is 1. The predicted octanol–water partition coefficient (Wildman–Crippen LogP) is 1.26. The van der Waals surface area contributed by atoms with Crippen LogP contribution in [0.4, 0.5) is 0 Å². The third-order valence-corrected chi connectivity index (χ3v) is 7.15. The van der Waals surface area contributed by atoms with Gasteiger partial charge in [-0.15, -0.1) is 11.3 Å². The Morgan fingerprint density at radius 2 is 1.90 bits per heavy atom. The van der Waals surface area contributed by atoms with Crippen molar-refractivity contribution < 1.29 is 13.5 Å². The minimum Gasteiger partial charge on any atom is -0.391 e. The molecular formula is C13H22N2O3S2. The average Bonchev–Trinajstić information content (AvgIpc) is 2.77. The van der Waals surface area contributed by atoms with Crippen LogP contribution < -0.4 is 0 Å². The van der Waals surface area contributed by atoms with Gasteiger partial charge in [-0.25, -0.2) is 8.42 Å². The van der Waals surface area contributed by atoms with Crippen molar-refractivity contribution in [3.05, 3.63) is 15.8 Å². The standard InChI is InChI=1S/C13H22N2O3S2/c1-9-6-15(7-10(2)14(9)4)20(17,18)13-5-12(8-16)19-11(13)3/h5,9-10,16H,6-8H2,1-4H3. The summed E-state index contributed by atoms with van der Waals surface area (Å²) in [5.41, 5.74) is 0. The zero-order valence-corrected chi connectivity index (χ0v) is 14.0. The van der Waals surface area contributed by atoms with Crippen LogP contribution in [-0.4, -0.2) is 55.0 Å². The Balaban J connectivity index is 2.33. The van der Waals surface area contributed by atoms with Crippen LogP contribution in [0.2, 0.25) is 0 Å². The number of thiophene rings is 1. The third-order valence-electron chi connectivity index (χ3n) is 4.02. The monoisotopic (exact) mass is 318 g/mol. The molecule has 0 amide bonds. The number of hydrogen-bond donors (Lipinski definition) is 1. The molecule has 0 aromatic carbocycles. The quantitative estimate of drug-likeness (QED) is 0.911. The van der Waals surface area contributed by atoms with Crippen LogP contribution in [-0.2, 0) is 16.6 Å². The number of hydrogen-bond acceptors (Lipinski definition) is 5. The first-order valence-corrected chi connectivity index (χ1v) is 8.95. The van der Waals surface area contributed by atoms with Gasteiger partial charge in [0.1, 0.15) is 0 Å². The van der Waals surface area contributed by atoms with Crippen molar-refractivity contribution >= 4 is 21.4 Å². The van der Waals surface area contributed by atoms with Gasteiger partial charge in [0.25, 0.3) is 0 Å². The summed E-state index contributed by atoms with van der Waals surface area (Å²) in [6, 6.07) is 2.00. The lowest BCUT2D eigenvalue weighted by Gasteiger charge is -2.41. The first-order valence-electron chi connectivity index (χ1n) is 6.69. The van der Waals surface area contributed by atoms with Crippen LogP contribution in [0.5, 0.6) is 0 Å². The van der Waals surface area contributed by atoms with Gasteiger partial charge in [0.05, 0.1) is 11.5 Å². The molecule has 1 aliphatic rings. The van der Waals surface area contributed by atoms with E-state index in [1.165, 1.54) is 11.3 Å². The smallest absolute Gasteiger partial charge is 0.244 e. The summed E-state index contributed by atoms with van der Waals surface area (Å²) in [5.74, 6) is 0. The van der Waals surface area contributed by atoms with E-state index in [0.717, 1.165) is 4.88 Å². The van der Waals surface area contributed by atoms with Crippen molar-refractivity contribution in [2.75, 3.05) is 20.1 Å². The molecule has 1 fully saturated rings. The summed E-state index contributed by atoms with van der Waals surface area (Å²) in [6.45, 7) is 6.77. The van der Waals surface area contributed by atoms with Crippen LogP contribution in [0.1, 0.15) is 23.6 Å². The van der Waals surface area contributed by atoms with Crippen LogP contribution in [0, 0.1) is 6.92 Å². The van der Waals surface area contributed by atoms with E-state index in [9.17, 15) is 8.42 Å². The minimum absolute atomic E-state index is 0.115. The highest BCUT2D eigenvalue weighted by atomic mass is 32.2. The lowest BCUT2D eigenvalue weighted by molar-refractivity contribution is 0.105. The summed E-state index contributed by atoms with van der Waals surface area (Å²) in [7, 11) is -1.44. The fourth-order valence-corrected chi connectivity index (χ4v) is 5.62. The van der Waals surface area contributed by atoms with Crippen molar-refractivity contribution in [3.63, 3.8) is 0 Å². The first-order chi connectivity index (χ1) is 9.27. The Morgan fingerprint density at radius 3 is 2.35 bits per heavy atom. The SMILES string of the molecule is Cc1sc(CO)cc1S(=O)(=O)N1CC(C)N(C)C(C)C1. The summed E-state index contributed by atoms with van der Waals surface area (Å²) in [4.78, 5) is 3.98. The Kier molecular flexibility index (Phi) is 4.56. The molecule has 1 aliphatic heterocycles. The predicted molar refractivity (Wildman–Crippen MR) is 80.4 cm³/mol. The Bertz CT molecular complexity index is 570. The fraction of sp³-hybridized carbons (Fsp3) is 0.692. The summed E-state index contributed by atoms with van der Waals surface area (Å²) < 4.78 is 27.1. The molecule has 20 heavy (non-hydrogen) atoms. The highest BCUT2D eigenvalue weighted by molar-refractivity contribution is 7.89. The lowest BCUT2D eigenvalue weighted by Crippen LogP contribution is -2.56. The van der Waals surface area contributed by atoms with Crippen LogP contribution in [0.15, 0.2) is 11.0 Å². The molecule has 7 heteroatoms. The molecule has 1 aromatic rings. The van der Waals surface area contributed by atoms with Crippen molar-refractivity contribution in [1.82, 2.24) is 9.21 Å². The molecule has 5 nitrogen and oxygen atoms in total. The van der Waals surface area contributed by atoms with E-state index in [0.29, 0.717) is 22.9 Å². The van der Waals surface area contributed by atoms with Crippen LogP contribution in [0.25, 0.3) is 0 Å². The molecule has 2 atom stereocenters. The van der Waals surface area contributed by atoms with Gasteiger partial charge in [0, 0.05) is 34.9 Å². The maximum absolute atomic E-state index is 12.8. The Morgan fingerprint density at radius 1 is 1.35 bits per heavy atom. The molecule has 0 radical (unpaired) electrons. The van der Waals surface area contributed by atoms with Gasteiger partial charge in [-0.1, -0.05) is 0 Å². The highest BCUT2D eigenvalue weighted by Crippen LogP contribution is 2.30. The molecule has 114 valence electrons. The number of nitrogens with zero attached hydrogens (tertiary/aromatic N) is 2. The summed E-state index contributed by atoms with van der Waals surface area (Å²) in [6.07, 6.45) is 0. The van der Waals surface area contributed by atoms with Crippen molar-refractivity contribution in [2.45, 2.75) is 44.4 Å². The van der Waals surface area contributed by atoms with E-state index in [4.69, 9.17) is 5.11 Å². The van der Waals surface area contributed by atoms with Crippen molar-refractivity contribution in [3.8, 4) is 0 Å². The molecule has 2 heterocycles. The number of sulfonamides is 1. The van der Waals surface area contributed by atoms with Gasteiger partial charge in [0.2, 0.25) is 10.0 Å². The second-order valence-electron chi connectivity index (χ2n) is 5.48. The van der Waals surface area contributed by atoms with Gasteiger partial charge in [-0.3, -0.25) is 4.90 Å². The second kappa shape index (κ2) is 5.73. The first kappa shape index (κ1) is 15.9. The molecule has 1 N–H and O–H groups in total. The van der Waals surface area contributed by atoms with E-state index in [1.807, 2.05) is 20.9 Å². The Labute approximate surface area is 124 Å². The van der Waals surface area contributed by atoms with Gasteiger partial charge in [-0.2, -0.15) is 4.31 Å². The molecule has 2 unspecified atom stereocenters. The third kappa shape index (κ3) is 2.78. The van der Waals surface area contributed by atoms with Gasteiger partial charge in [0.15, 0.2) is 0 Å². The van der Waals surface area contributed by atoms with E-state index in [-0.39, 0.29) is 18.7 Å². The van der Waals surface area contributed by atoms with E-state index < -0.39 is 10.0 Å². The maximum Gasteiger partial charge on any atom is 0.244 e. The molecule has 0 bridgehead atoms. The van der Waals surface area contributed by atoms with Crippen LogP contribution >= 0.6 is 11.3 Å². The summed E-state index contributed by atoms with van der Waals surface area (Å²) >= 11 is 1.34. The lowest BCUT2D eigenvalue weighted by atomic mass is 10.1. The molecule has 1 saturated heterocycles. The minimum atomic E-state index is -3.47. The van der Waals surface area contributed by atoms with Crippen LogP contribution in [0.3, 0.4) is 0 Å². The highest BCUT2D eigenvalue weighted by Gasteiger charge is 2.35. The number of piperazine rings is 1. The number of rotatable bonds is 3. The zero-order valence-electron chi connectivity index (χ0n) is 12.3. The normalized spacial score (nSPS) is 26.1. The van der Waals surface area contributed by atoms with E-state index in [1.54, 1.807) is 17.3 Å². The molecule has 2 rings (SSSR count). The second-order valence-corrected chi connectivity index (χ2v) is 8.72. The van der Waals surface area contributed by atoms with Gasteiger partial charge >= 0.3 is 0 Å². The Hall–Kier alpha value is -0.470. The van der Waals surface area contributed by atoms with E-state index >= 15 is 0 Å². The average molecular weight is 318 g/mol. The zero-order chi connectivity index (χ0) is 15.1. The molecule has 0 aliphatic carbocycles.